The molecule has 3 rings (SSSR count). The van der Waals surface area contributed by atoms with Crippen LogP contribution in [0, 0.1) is 11.8 Å². The summed E-state index contributed by atoms with van der Waals surface area (Å²) in [6.07, 6.45) is 3.87. The lowest BCUT2D eigenvalue weighted by Crippen LogP contribution is -1.91. The molecule has 0 saturated carbocycles. The summed E-state index contributed by atoms with van der Waals surface area (Å²) in [5.41, 5.74) is 5.31. The first-order valence-electron chi connectivity index (χ1n) is 7.83. The number of rotatable bonds is 2. The third kappa shape index (κ3) is 3.07. The molecule has 0 amide bonds. The number of fused-ring (bicyclic) bond motifs is 1. The van der Waals surface area contributed by atoms with Gasteiger partial charge in [-0.25, -0.2) is 4.98 Å². The van der Waals surface area contributed by atoms with Crippen molar-refractivity contribution >= 4 is 16.7 Å². The number of aromatic nitrogens is 2. The minimum atomic E-state index is 0.543. The van der Waals surface area contributed by atoms with Crippen LogP contribution in [0.5, 0.6) is 0 Å². The smallest absolute Gasteiger partial charge is 0.141 e. The summed E-state index contributed by atoms with van der Waals surface area (Å²) in [4.78, 5) is 4.49. The molecule has 0 atom stereocenters. The van der Waals surface area contributed by atoms with Gasteiger partial charge in [0, 0.05) is 31.2 Å². The van der Waals surface area contributed by atoms with Crippen molar-refractivity contribution in [3.63, 3.8) is 0 Å². The highest BCUT2D eigenvalue weighted by Gasteiger charge is 2.06. The lowest BCUT2D eigenvalue weighted by atomic mass is 10.0. The molecule has 116 valence electrons. The average molecular weight is 303 g/mol. The molecule has 0 fully saturated rings. The molecule has 0 aliphatic carbocycles. The van der Waals surface area contributed by atoms with Gasteiger partial charge in [0.25, 0.3) is 0 Å². The van der Waals surface area contributed by atoms with E-state index in [0.29, 0.717) is 5.92 Å². The molecule has 0 spiro atoms. The zero-order valence-corrected chi connectivity index (χ0v) is 14.0. The van der Waals surface area contributed by atoms with E-state index in [1.807, 2.05) is 31.1 Å². The topological polar surface area (TPSA) is 29.9 Å². The molecule has 1 aromatic carbocycles. The van der Waals surface area contributed by atoms with E-state index in [2.05, 4.69) is 66.3 Å². The first kappa shape index (κ1) is 15.2. The lowest BCUT2D eigenvalue weighted by molar-refractivity contribution is 0.866. The maximum atomic E-state index is 4.49. The monoisotopic (exact) mass is 303 g/mol. The Bertz CT molecular complexity index is 890. The normalized spacial score (nSPS) is 10.7. The van der Waals surface area contributed by atoms with Crippen molar-refractivity contribution in [2.75, 3.05) is 12.4 Å². The summed E-state index contributed by atoms with van der Waals surface area (Å²) in [6, 6.07) is 10.6. The zero-order valence-electron chi connectivity index (χ0n) is 14.0. The Hall–Kier alpha value is -2.73. The highest BCUT2D eigenvalue weighted by molar-refractivity contribution is 5.86. The van der Waals surface area contributed by atoms with Gasteiger partial charge in [-0.05, 0) is 29.7 Å². The van der Waals surface area contributed by atoms with Crippen LogP contribution < -0.4 is 5.32 Å². The van der Waals surface area contributed by atoms with Gasteiger partial charge in [0.05, 0.1) is 17.4 Å². The Morgan fingerprint density at radius 3 is 2.52 bits per heavy atom. The van der Waals surface area contributed by atoms with Crippen molar-refractivity contribution in [3.05, 3.63) is 59.4 Å². The van der Waals surface area contributed by atoms with Gasteiger partial charge in [0.1, 0.15) is 5.65 Å². The van der Waals surface area contributed by atoms with Crippen LogP contribution >= 0.6 is 0 Å². The van der Waals surface area contributed by atoms with Crippen LogP contribution in [0.1, 0.15) is 36.5 Å². The number of benzene rings is 1. The Balaban J connectivity index is 1.98. The maximum Gasteiger partial charge on any atom is 0.141 e. The predicted octanol–water partition coefficient (Wildman–Crippen LogP) is 4.14. The molecule has 0 saturated heterocycles. The van der Waals surface area contributed by atoms with Crippen molar-refractivity contribution in [2.24, 2.45) is 7.05 Å². The van der Waals surface area contributed by atoms with Crippen LogP contribution in [0.2, 0.25) is 0 Å². The predicted molar refractivity (Wildman–Crippen MR) is 96.8 cm³/mol. The fourth-order valence-electron chi connectivity index (χ4n) is 2.59. The van der Waals surface area contributed by atoms with Crippen molar-refractivity contribution < 1.29 is 0 Å². The van der Waals surface area contributed by atoms with E-state index in [4.69, 9.17) is 0 Å². The number of hydrogen-bond donors (Lipinski definition) is 1. The molecule has 0 radical (unpaired) electrons. The van der Waals surface area contributed by atoms with Crippen LogP contribution in [-0.2, 0) is 7.05 Å². The SMILES string of the molecule is CNc1cnc2c(c1)c(C#Cc1ccc(C(C)C)cc1)cn2C. The summed E-state index contributed by atoms with van der Waals surface area (Å²) >= 11 is 0. The number of nitrogens with zero attached hydrogens (tertiary/aromatic N) is 2. The molecule has 2 heterocycles. The number of nitrogens with one attached hydrogen (secondary N) is 1. The first-order valence-corrected chi connectivity index (χ1v) is 7.83. The van der Waals surface area contributed by atoms with Crippen LogP contribution in [0.4, 0.5) is 5.69 Å². The summed E-state index contributed by atoms with van der Waals surface area (Å²) in [5, 5.41) is 4.20. The fourth-order valence-corrected chi connectivity index (χ4v) is 2.59. The second-order valence-electron chi connectivity index (χ2n) is 6.03. The van der Waals surface area contributed by atoms with Gasteiger partial charge in [-0.3, -0.25) is 0 Å². The minimum Gasteiger partial charge on any atom is -0.387 e. The van der Waals surface area contributed by atoms with Crippen molar-refractivity contribution in [2.45, 2.75) is 19.8 Å². The molecular weight excluding hydrogens is 282 g/mol. The van der Waals surface area contributed by atoms with Gasteiger partial charge >= 0.3 is 0 Å². The zero-order chi connectivity index (χ0) is 16.4. The van der Waals surface area contributed by atoms with Gasteiger partial charge in [-0.1, -0.05) is 37.8 Å². The Morgan fingerprint density at radius 2 is 1.87 bits per heavy atom. The van der Waals surface area contributed by atoms with E-state index in [-0.39, 0.29) is 0 Å². The number of anilines is 1. The van der Waals surface area contributed by atoms with E-state index in [9.17, 15) is 0 Å². The Kier molecular flexibility index (Phi) is 4.08. The largest absolute Gasteiger partial charge is 0.387 e. The van der Waals surface area contributed by atoms with Crippen LogP contribution in [0.25, 0.3) is 11.0 Å². The summed E-state index contributed by atoms with van der Waals surface area (Å²) in [5.74, 6) is 7.09. The van der Waals surface area contributed by atoms with E-state index in [1.54, 1.807) is 0 Å². The highest BCUT2D eigenvalue weighted by atomic mass is 15.0. The van der Waals surface area contributed by atoms with E-state index >= 15 is 0 Å². The molecular formula is C20H21N3. The standard InChI is InChI=1S/C20H21N3/c1-14(2)16-8-5-15(6-9-16)7-10-17-13-23(4)20-19(17)11-18(21-3)12-22-20/h5-6,8-9,11-14,21H,1-4H3. The van der Waals surface area contributed by atoms with Gasteiger partial charge in [-0.2, -0.15) is 0 Å². The maximum absolute atomic E-state index is 4.49. The van der Waals surface area contributed by atoms with Gasteiger partial charge in [0.2, 0.25) is 0 Å². The van der Waals surface area contributed by atoms with E-state index in [1.165, 1.54) is 5.56 Å². The molecule has 3 aromatic rings. The first-order chi connectivity index (χ1) is 11.1. The number of hydrogen-bond acceptors (Lipinski definition) is 2. The summed E-state index contributed by atoms with van der Waals surface area (Å²) in [6.45, 7) is 4.40. The molecule has 3 nitrogen and oxygen atoms in total. The molecule has 0 aliphatic heterocycles. The van der Waals surface area contributed by atoms with Crippen molar-refractivity contribution in [3.8, 4) is 11.8 Å². The summed E-state index contributed by atoms with van der Waals surface area (Å²) in [7, 11) is 3.89. The highest BCUT2D eigenvalue weighted by Crippen LogP contribution is 2.21. The van der Waals surface area contributed by atoms with Crippen LogP contribution in [0.15, 0.2) is 42.7 Å². The van der Waals surface area contributed by atoms with E-state index in [0.717, 1.165) is 27.8 Å². The third-order valence-electron chi connectivity index (χ3n) is 4.02. The van der Waals surface area contributed by atoms with Gasteiger partial charge in [-0.15, -0.1) is 0 Å². The Labute approximate surface area is 137 Å². The fraction of sp³-hybridized carbons (Fsp3) is 0.250. The Morgan fingerprint density at radius 1 is 1.13 bits per heavy atom. The van der Waals surface area contributed by atoms with Crippen molar-refractivity contribution in [1.29, 1.82) is 0 Å². The molecule has 1 N–H and O–H groups in total. The molecule has 0 unspecified atom stereocenters. The second kappa shape index (κ2) is 6.18. The molecule has 2 aromatic heterocycles. The molecule has 23 heavy (non-hydrogen) atoms. The van der Waals surface area contributed by atoms with Gasteiger partial charge in [0.15, 0.2) is 0 Å². The number of pyridine rings is 1. The van der Waals surface area contributed by atoms with Crippen LogP contribution in [0.3, 0.4) is 0 Å². The molecule has 0 bridgehead atoms. The average Bonchev–Trinajstić information content (AvgIpc) is 2.88. The molecule has 0 aliphatic rings. The third-order valence-corrected chi connectivity index (χ3v) is 4.02. The quantitative estimate of drug-likeness (QED) is 0.721. The minimum absolute atomic E-state index is 0.543. The number of aryl methyl sites for hydroxylation is 1. The molecule has 3 heteroatoms. The van der Waals surface area contributed by atoms with E-state index < -0.39 is 0 Å². The van der Waals surface area contributed by atoms with Crippen LogP contribution in [-0.4, -0.2) is 16.6 Å². The second-order valence-corrected chi connectivity index (χ2v) is 6.03. The van der Waals surface area contributed by atoms with Gasteiger partial charge < -0.3 is 9.88 Å². The summed E-state index contributed by atoms with van der Waals surface area (Å²) < 4.78 is 2.01. The van der Waals surface area contributed by atoms with Crippen molar-refractivity contribution in [1.82, 2.24) is 9.55 Å². The lowest BCUT2D eigenvalue weighted by Gasteiger charge is -2.03.